The Balaban J connectivity index is 3.38. The molecule has 94 valence electrons. The van der Waals surface area contributed by atoms with Gasteiger partial charge >= 0.3 is 5.97 Å². The molecule has 2 N–H and O–H groups in total. The first-order valence-corrected chi connectivity index (χ1v) is 5.16. The Labute approximate surface area is 97.8 Å². The lowest BCUT2D eigenvalue weighted by Gasteiger charge is -2.13. The van der Waals surface area contributed by atoms with E-state index < -0.39 is 12.4 Å². The van der Waals surface area contributed by atoms with Gasteiger partial charge in [0.2, 0.25) is 0 Å². The molecule has 0 aliphatic rings. The van der Waals surface area contributed by atoms with E-state index in [9.17, 15) is 13.6 Å². The Hall–Kier alpha value is -1.56. The SMILES string of the molecule is CCOC(=O)c1c(C)ncc(CN)c1C(F)F. The molecule has 0 aromatic carbocycles. The monoisotopic (exact) mass is 244 g/mol. The Kier molecular flexibility index (Phi) is 4.51. The number of aryl methyl sites for hydroxylation is 1. The van der Waals surface area contributed by atoms with Crippen molar-refractivity contribution in [1.29, 1.82) is 0 Å². The van der Waals surface area contributed by atoms with Crippen molar-refractivity contribution in [2.45, 2.75) is 26.8 Å². The van der Waals surface area contributed by atoms with Gasteiger partial charge in [0.25, 0.3) is 6.43 Å². The summed E-state index contributed by atoms with van der Waals surface area (Å²) in [5, 5.41) is 0. The van der Waals surface area contributed by atoms with Crippen LogP contribution in [0.1, 0.15) is 40.5 Å². The molecule has 17 heavy (non-hydrogen) atoms. The molecule has 0 amide bonds. The Morgan fingerprint density at radius 3 is 2.71 bits per heavy atom. The zero-order valence-corrected chi connectivity index (χ0v) is 9.67. The number of hydrogen-bond donors (Lipinski definition) is 1. The van der Waals surface area contributed by atoms with E-state index in [0.717, 1.165) is 0 Å². The van der Waals surface area contributed by atoms with E-state index in [1.165, 1.54) is 13.1 Å². The van der Waals surface area contributed by atoms with E-state index in [1.807, 2.05) is 0 Å². The number of nitrogens with two attached hydrogens (primary N) is 1. The highest BCUT2D eigenvalue weighted by Crippen LogP contribution is 2.28. The molecule has 0 spiro atoms. The second-order valence-electron chi connectivity index (χ2n) is 3.38. The molecular formula is C11H14F2N2O2. The summed E-state index contributed by atoms with van der Waals surface area (Å²) in [6.45, 7) is 3.11. The minimum absolute atomic E-state index is 0.0979. The van der Waals surface area contributed by atoms with Gasteiger partial charge in [0.1, 0.15) is 0 Å². The highest BCUT2D eigenvalue weighted by molar-refractivity contribution is 5.92. The number of hydrogen-bond acceptors (Lipinski definition) is 4. The minimum atomic E-state index is -2.78. The molecule has 0 aliphatic heterocycles. The van der Waals surface area contributed by atoms with Crippen LogP contribution in [0.2, 0.25) is 0 Å². The van der Waals surface area contributed by atoms with E-state index in [2.05, 4.69) is 4.98 Å². The van der Waals surface area contributed by atoms with Crippen molar-refractivity contribution in [3.8, 4) is 0 Å². The lowest BCUT2D eigenvalue weighted by Crippen LogP contribution is -2.15. The maximum atomic E-state index is 13.0. The van der Waals surface area contributed by atoms with Crippen LogP contribution in [0.25, 0.3) is 0 Å². The summed E-state index contributed by atoms with van der Waals surface area (Å²) in [4.78, 5) is 15.5. The molecule has 1 heterocycles. The topological polar surface area (TPSA) is 65.2 Å². The van der Waals surface area contributed by atoms with Gasteiger partial charge in [-0.25, -0.2) is 13.6 Å². The molecular weight excluding hydrogens is 230 g/mol. The van der Waals surface area contributed by atoms with Crippen LogP contribution in [0.4, 0.5) is 8.78 Å². The number of carbonyl (C=O) groups is 1. The summed E-state index contributed by atoms with van der Waals surface area (Å²) in [5.74, 6) is -0.789. The van der Waals surface area contributed by atoms with Gasteiger partial charge in [-0.2, -0.15) is 0 Å². The minimum Gasteiger partial charge on any atom is -0.462 e. The van der Waals surface area contributed by atoms with Crippen LogP contribution < -0.4 is 5.73 Å². The second-order valence-corrected chi connectivity index (χ2v) is 3.38. The Morgan fingerprint density at radius 2 is 2.24 bits per heavy atom. The molecule has 0 fully saturated rings. The van der Waals surface area contributed by atoms with Crippen LogP contribution >= 0.6 is 0 Å². The summed E-state index contributed by atoms with van der Waals surface area (Å²) in [6, 6.07) is 0. The van der Waals surface area contributed by atoms with Crippen molar-refractivity contribution < 1.29 is 18.3 Å². The molecule has 1 aromatic heterocycles. The van der Waals surface area contributed by atoms with E-state index in [-0.39, 0.29) is 35.5 Å². The molecule has 0 unspecified atom stereocenters. The smallest absolute Gasteiger partial charge is 0.340 e. The number of ether oxygens (including phenoxy) is 1. The zero-order chi connectivity index (χ0) is 13.0. The predicted octanol–water partition coefficient (Wildman–Crippen LogP) is 1.96. The molecule has 0 saturated heterocycles. The molecule has 0 radical (unpaired) electrons. The van der Waals surface area contributed by atoms with E-state index in [4.69, 9.17) is 10.5 Å². The van der Waals surface area contributed by atoms with Crippen LogP contribution in [0.15, 0.2) is 6.20 Å². The van der Waals surface area contributed by atoms with E-state index >= 15 is 0 Å². The fourth-order valence-corrected chi connectivity index (χ4v) is 1.54. The number of halogens is 2. The molecule has 4 nitrogen and oxygen atoms in total. The van der Waals surface area contributed by atoms with Crippen molar-refractivity contribution in [3.05, 3.63) is 28.6 Å². The van der Waals surface area contributed by atoms with Gasteiger partial charge in [-0.3, -0.25) is 4.98 Å². The molecule has 0 atom stereocenters. The predicted molar refractivity (Wildman–Crippen MR) is 57.8 cm³/mol. The van der Waals surface area contributed by atoms with Gasteiger partial charge < -0.3 is 10.5 Å². The van der Waals surface area contributed by atoms with Crippen LogP contribution in [0, 0.1) is 6.92 Å². The first kappa shape index (κ1) is 13.5. The van der Waals surface area contributed by atoms with E-state index in [1.54, 1.807) is 6.92 Å². The fourth-order valence-electron chi connectivity index (χ4n) is 1.54. The highest BCUT2D eigenvalue weighted by Gasteiger charge is 2.25. The molecule has 1 aromatic rings. The molecule has 0 saturated carbocycles. The number of pyridine rings is 1. The van der Waals surface area contributed by atoms with E-state index in [0.29, 0.717) is 0 Å². The average Bonchev–Trinajstić information content (AvgIpc) is 2.28. The third-order valence-electron chi connectivity index (χ3n) is 2.31. The maximum Gasteiger partial charge on any atom is 0.340 e. The second kappa shape index (κ2) is 5.67. The average molecular weight is 244 g/mol. The third-order valence-corrected chi connectivity index (χ3v) is 2.31. The van der Waals surface area contributed by atoms with Crippen molar-refractivity contribution in [3.63, 3.8) is 0 Å². The molecule has 6 heteroatoms. The summed E-state index contributed by atoms with van der Waals surface area (Å²) in [7, 11) is 0. The van der Waals surface area contributed by atoms with Gasteiger partial charge in [0.05, 0.1) is 17.9 Å². The number of carbonyl (C=O) groups excluding carboxylic acids is 1. The number of alkyl halides is 2. The first-order chi connectivity index (χ1) is 8.02. The lowest BCUT2D eigenvalue weighted by atomic mass is 10.0. The van der Waals surface area contributed by atoms with Gasteiger partial charge in [-0.15, -0.1) is 0 Å². The quantitative estimate of drug-likeness (QED) is 0.822. The summed E-state index contributed by atoms with van der Waals surface area (Å²) < 4.78 is 30.7. The largest absolute Gasteiger partial charge is 0.462 e. The molecule has 1 rings (SSSR count). The lowest BCUT2D eigenvalue weighted by molar-refractivity contribution is 0.0513. The Morgan fingerprint density at radius 1 is 1.59 bits per heavy atom. The van der Waals surface area contributed by atoms with Gasteiger partial charge in [-0.05, 0) is 19.4 Å². The zero-order valence-electron chi connectivity index (χ0n) is 9.67. The van der Waals surface area contributed by atoms with Crippen LogP contribution in [-0.4, -0.2) is 17.6 Å². The summed E-state index contributed by atoms with van der Waals surface area (Å²) in [6.07, 6.45) is -1.52. The molecule has 0 bridgehead atoms. The summed E-state index contributed by atoms with van der Waals surface area (Å²) in [5.41, 5.74) is 5.18. The van der Waals surface area contributed by atoms with Crippen molar-refractivity contribution >= 4 is 5.97 Å². The first-order valence-electron chi connectivity index (χ1n) is 5.16. The normalized spacial score (nSPS) is 10.7. The van der Waals surface area contributed by atoms with Crippen LogP contribution in [0.3, 0.4) is 0 Å². The standard InChI is InChI=1S/C11H14F2N2O2/c1-3-17-11(16)8-6(2)15-5-7(4-14)9(8)10(12)13/h5,10H,3-4,14H2,1-2H3. The number of rotatable bonds is 4. The fraction of sp³-hybridized carbons (Fsp3) is 0.455. The van der Waals surface area contributed by atoms with Crippen molar-refractivity contribution in [2.24, 2.45) is 5.73 Å². The Bertz CT molecular complexity index is 422. The molecule has 0 aliphatic carbocycles. The maximum absolute atomic E-state index is 13.0. The van der Waals surface area contributed by atoms with Crippen molar-refractivity contribution in [1.82, 2.24) is 4.98 Å². The van der Waals surface area contributed by atoms with Crippen LogP contribution in [0.5, 0.6) is 0 Å². The summed E-state index contributed by atoms with van der Waals surface area (Å²) >= 11 is 0. The van der Waals surface area contributed by atoms with Crippen LogP contribution in [-0.2, 0) is 11.3 Å². The highest BCUT2D eigenvalue weighted by atomic mass is 19.3. The van der Waals surface area contributed by atoms with Gasteiger partial charge in [0.15, 0.2) is 0 Å². The number of nitrogens with zero attached hydrogens (tertiary/aromatic N) is 1. The van der Waals surface area contributed by atoms with Crippen molar-refractivity contribution in [2.75, 3.05) is 6.61 Å². The number of aromatic nitrogens is 1. The van der Waals surface area contributed by atoms with Gasteiger partial charge in [-0.1, -0.05) is 0 Å². The van der Waals surface area contributed by atoms with Gasteiger partial charge in [0, 0.05) is 18.3 Å². The number of esters is 1. The third kappa shape index (κ3) is 2.76.